The first kappa shape index (κ1) is 33.7. The van der Waals surface area contributed by atoms with Gasteiger partial charge in [-0.3, -0.25) is 29.1 Å². The van der Waals surface area contributed by atoms with Crippen LogP contribution in [0.25, 0.3) is 10.9 Å². The number of aryl methyl sites for hydroxylation is 1. The Hall–Kier alpha value is -3.76. The zero-order chi connectivity index (χ0) is 30.7. The van der Waals surface area contributed by atoms with Crippen LogP contribution < -0.4 is 11.0 Å². The Bertz CT molecular complexity index is 1740. The van der Waals surface area contributed by atoms with E-state index < -0.39 is 26.1 Å². The molecule has 11 nitrogen and oxygen atoms in total. The molecule has 2 N–H and O–H groups in total. The van der Waals surface area contributed by atoms with Gasteiger partial charge in [-0.15, -0.1) is 12.4 Å². The third-order valence-corrected chi connectivity index (χ3v) is 9.74. The molecule has 4 rings (SSSR count). The summed E-state index contributed by atoms with van der Waals surface area (Å²) in [5.41, 5.74) is 3.89. The molecule has 0 spiro atoms. The maximum atomic E-state index is 13.0. The van der Waals surface area contributed by atoms with Crippen LogP contribution in [0.4, 0.5) is 0 Å². The van der Waals surface area contributed by atoms with Crippen molar-refractivity contribution in [2.75, 3.05) is 33.5 Å². The summed E-state index contributed by atoms with van der Waals surface area (Å²) in [6, 6.07) is 12.9. The number of rotatable bonds is 10. The van der Waals surface area contributed by atoms with Crippen molar-refractivity contribution >= 4 is 45.0 Å². The van der Waals surface area contributed by atoms with Crippen LogP contribution in [-0.4, -0.2) is 78.2 Å². The van der Waals surface area contributed by atoms with Crippen LogP contribution >= 0.6 is 12.4 Å². The molecule has 1 amide bonds. The van der Waals surface area contributed by atoms with E-state index in [0.717, 1.165) is 30.2 Å². The van der Waals surface area contributed by atoms with E-state index in [-0.39, 0.29) is 43.3 Å². The predicted molar refractivity (Wildman–Crippen MR) is 164 cm³/mol. The number of carbonyl (C=O) groups is 2. The highest BCUT2D eigenvalue weighted by molar-refractivity contribution is 7.92. The van der Waals surface area contributed by atoms with Gasteiger partial charge in [0.15, 0.2) is 14.6 Å². The van der Waals surface area contributed by atoms with Crippen LogP contribution in [0, 0.1) is 11.8 Å². The van der Waals surface area contributed by atoms with Gasteiger partial charge in [0.2, 0.25) is 0 Å². The third-order valence-electron chi connectivity index (χ3n) is 7.71. The molecule has 43 heavy (non-hydrogen) atoms. The van der Waals surface area contributed by atoms with Gasteiger partial charge in [-0.05, 0) is 76.2 Å². The molecule has 1 saturated carbocycles. The molecule has 0 saturated heterocycles. The number of hydrogen-bond donors (Lipinski definition) is 2. The second-order valence-electron chi connectivity index (χ2n) is 11.2. The normalized spacial score (nSPS) is 15.0. The fraction of sp³-hybridized carbons (Fsp3) is 0.400. The minimum absolute atomic E-state index is 0. The van der Waals surface area contributed by atoms with Crippen LogP contribution in [0.2, 0.25) is 0 Å². The number of nitrogens with zero attached hydrogens (tertiary/aromatic N) is 3. The molecular weight excluding hydrogens is 596 g/mol. The number of benzene rings is 2. The van der Waals surface area contributed by atoms with Gasteiger partial charge < -0.3 is 4.74 Å². The Labute approximate surface area is 256 Å². The van der Waals surface area contributed by atoms with E-state index in [4.69, 9.17) is 9.94 Å². The Morgan fingerprint density at radius 1 is 1.14 bits per heavy atom. The molecule has 0 bridgehead atoms. The van der Waals surface area contributed by atoms with Crippen LogP contribution in [0.3, 0.4) is 0 Å². The van der Waals surface area contributed by atoms with E-state index in [2.05, 4.69) is 16.8 Å². The van der Waals surface area contributed by atoms with Gasteiger partial charge in [0.25, 0.3) is 11.5 Å². The van der Waals surface area contributed by atoms with Crippen molar-refractivity contribution in [1.82, 2.24) is 19.9 Å². The number of nitrogens with one attached hydrogen (secondary N) is 1. The maximum Gasteiger partial charge on any atom is 0.320 e. The summed E-state index contributed by atoms with van der Waals surface area (Å²) in [5, 5.41) is 9.32. The molecule has 1 fully saturated rings. The standard InChI is InChI=1S/C30H34N4O7S.ClH/c1-29(28(37)32-38,42(4,39)40)15-16-34-20-31-25-17-22(9-12-24(25)27(34)36)6-5-21-7-10-23(11-8-21)30(13-14-30)19-41-26(35)18-33(2)3;/h7-12,17,20,38H,13-16,18-19H2,1-4H3,(H,32,37);1H. The van der Waals surface area contributed by atoms with Gasteiger partial charge >= 0.3 is 5.97 Å². The number of aromatic nitrogens is 2. The van der Waals surface area contributed by atoms with Gasteiger partial charge in [0, 0.05) is 29.3 Å². The average Bonchev–Trinajstić information content (AvgIpc) is 3.74. The van der Waals surface area contributed by atoms with E-state index >= 15 is 0 Å². The lowest BCUT2D eigenvalue weighted by molar-refractivity contribution is -0.145. The number of likely N-dealkylation sites (N-methyl/N-ethyl adjacent to an activating group) is 1. The van der Waals surface area contributed by atoms with Crippen molar-refractivity contribution < 1.29 is 28.0 Å². The fourth-order valence-electron chi connectivity index (χ4n) is 4.56. The third kappa shape index (κ3) is 7.61. The zero-order valence-corrected chi connectivity index (χ0v) is 26.0. The highest BCUT2D eigenvalue weighted by Gasteiger charge is 2.45. The molecule has 3 aromatic rings. The minimum atomic E-state index is -3.89. The summed E-state index contributed by atoms with van der Waals surface area (Å²) >= 11 is 0. The van der Waals surface area contributed by atoms with Crippen molar-refractivity contribution in [2.24, 2.45) is 0 Å². The van der Waals surface area contributed by atoms with E-state index in [9.17, 15) is 22.8 Å². The van der Waals surface area contributed by atoms with E-state index in [1.807, 2.05) is 38.4 Å². The fourth-order valence-corrected chi connectivity index (χ4v) is 5.40. The molecule has 1 aromatic heterocycles. The largest absolute Gasteiger partial charge is 0.464 e. The van der Waals surface area contributed by atoms with Gasteiger partial charge in [0.05, 0.1) is 23.8 Å². The Morgan fingerprint density at radius 2 is 1.77 bits per heavy atom. The highest BCUT2D eigenvalue weighted by Crippen LogP contribution is 2.48. The van der Waals surface area contributed by atoms with Crippen molar-refractivity contribution in [3.63, 3.8) is 0 Å². The van der Waals surface area contributed by atoms with Gasteiger partial charge in [0.1, 0.15) is 6.61 Å². The SMILES string of the molecule is CN(C)CC(=O)OCC1(c2ccc(C#Cc3ccc4c(=O)n(CCC(C)(C(=O)NO)S(C)(=O)=O)cnc4c3)cc2)CC1.Cl. The Morgan fingerprint density at radius 3 is 2.35 bits per heavy atom. The second kappa shape index (κ2) is 13.3. The second-order valence-corrected chi connectivity index (χ2v) is 13.6. The van der Waals surface area contributed by atoms with Crippen LogP contribution in [0.15, 0.2) is 53.6 Å². The first-order valence-corrected chi connectivity index (χ1v) is 15.2. The monoisotopic (exact) mass is 630 g/mol. The van der Waals surface area contributed by atoms with E-state index in [1.54, 1.807) is 23.1 Å². The van der Waals surface area contributed by atoms with Gasteiger partial charge in [-0.25, -0.2) is 18.9 Å². The van der Waals surface area contributed by atoms with E-state index in [0.29, 0.717) is 23.1 Å². The molecule has 1 aliphatic rings. The number of halogens is 1. The van der Waals surface area contributed by atoms with Gasteiger partial charge in [-0.1, -0.05) is 24.0 Å². The molecule has 0 aliphatic heterocycles. The topological polar surface area (TPSA) is 148 Å². The molecule has 2 aromatic carbocycles. The van der Waals surface area contributed by atoms with Crippen LogP contribution in [-0.2, 0) is 36.1 Å². The first-order chi connectivity index (χ1) is 19.8. The lowest BCUT2D eigenvalue weighted by Gasteiger charge is -2.25. The number of fused-ring (bicyclic) bond motifs is 1. The number of hydrogen-bond acceptors (Lipinski definition) is 9. The molecule has 230 valence electrons. The minimum Gasteiger partial charge on any atom is -0.464 e. The summed E-state index contributed by atoms with van der Waals surface area (Å²) in [7, 11) is -0.247. The summed E-state index contributed by atoms with van der Waals surface area (Å²) < 4.78 is 29.2. The van der Waals surface area contributed by atoms with Crippen molar-refractivity contribution in [1.29, 1.82) is 0 Å². The average molecular weight is 631 g/mol. The van der Waals surface area contributed by atoms with Crippen molar-refractivity contribution in [3.8, 4) is 11.8 Å². The molecule has 1 unspecified atom stereocenters. The number of amides is 1. The molecule has 1 heterocycles. The zero-order valence-electron chi connectivity index (χ0n) is 24.4. The van der Waals surface area contributed by atoms with Crippen molar-refractivity contribution in [3.05, 3.63) is 75.8 Å². The predicted octanol–water partition coefficient (Wildman–Crippen LogP) is 2.05. The first-order valence-electron chi connectivity index (χ1n) is 13.3. The Balaban J connectivity index is 0.00000506. The quantitative estimate of drug-likeness (QED) is 0.149. The van der Waals surface area contributed by atoms with Gasteiger partial charge in [-0.2, -0.15) is 0 Å². The van der Waals surface area contributed by atoms with Crippen LogP contribution in [0.5, 0.6) is 0 Å². The smallest absolute Gasteiger partial charge is 0.320 e. The van der Waals surface area contributed by atoms with Crippen LogP contribution in [0.1, 0.15) is 42.9 Å². The lowest BCUT2D eigenvalue weighted by Crippen LogP contribution is -2.50. The van der Waals surface area contributed by atoms with Crippen molar-refractivity contribution in [2.45, 2.75) is 42.9 Å². The number of sulfone groups is 1. The summed E-state index contributed by atoms with van der Waals surface area (Å²) in [6.45, 7) is 1.71. The number of carbonyl (C=O) groups excluding carboxylic acids is 2. The van der Waals surface area contributed by atoms with E-state index in [1.165, 1.54) is 23.3 Å². The summed E-state index contributed by atoms with van der Waals surface area (Å²) in [5.74, 6) is 4.91. The number of hydroxylamine groups is 1. The molecule has 0 radical (unpaired) electrons. The summed E-state index contributed by atoms with van der Waals surface area (Å²) in [4.78, 5) is 43.1. The Kier molecular flexibility index (Phi) is 10.4. The highest BCUT2D eigenvalue weighted by atomic mass is 35.5. The maximum absolute atomic E-state index is 13.0. The molecule has 13 heteroatoms. The lowest BCUT2D eigenvalue weighted by atomic mass is 9.96. The molecule has 1 aliphatic carbocycles. The molecular formula is C30H35ClN4O7S. The molecule has 1 atom stereocenters. The number of ether oxygens (including phenoxy) is 1. The number of esters is 1. The summed E-state index contributed by atoms with van der Waals surface area (Å²) in [6.07, 6.45) is 3.89.